The number of carbonyl (C=O) groups excluding carboxylic acids is 4. The number of cyclic esters (lactones) is 1. The van der Waals surface area contributed by atoms with Gasteiger partial charge in [-0.3, -0.25) is 19.2 Å². The Kier molecular flexibility index (Phi) is 25.8. The molecule has 1 aromatic rings. The van der Waals surface area contributed by atoms with Crippen LogP contribution >= 0.6 is 11.8 Å². The quantitative estimate of drug-likeness (QED) is 0.135. The predicted octanol–water partition coefficient (Wildman–Crippen LogP) is 0.991. The third-order valence-electron chi connectivity index (χ3n) is 14.0. The molecule has 416 valence electrons. The molecule has 3 aliphatic heterocycles. The first-order valence-electron chi connectivity index (χ1n) is 23.9. The molecule has 0 aliphatic carbocycles. The van der Waals surface area contributed by atoms with E-state index in [4.69, 9.17) is 33.5 Å². The van der Waals surface area contributed by atoms with Crippen molar-refractivity contribution in [3.05, 3.63) is 29.8 Å². The van der Waals surface area contributed by atoms with Crippen LogP contribution in [0.1, 0.15) is 112 Å². The van der Waals surface area contributed by atoms with Gasteiger partial charge in [0.05, 0.1) is 53.2 Å². The Hall–Kier alpha value is -3.40. The average Bonchev–Trinajstić information content (AvgIpc) is 3.28. The Balaban J connectivity index is 0.00000104. The third-order valence-corrected chi connectivity index (χ3v) is 15.0. The topological polar surface area (TPSA) is 361 Å². The fourth-order valence-electron chi connectivity index (χ4n) is 9.71. The second-order valence-corrected chi connectivity index (χ2v) is 21.2. The Bertz CT molecular complexity index is 1920. The van der Waals surface area contributed by atoms with Gasteiger partial charge in [-0.25, -0.2) is 4.79 Å². The lowest BCUT2D eigenvalue weighted by Crippen LogP contribution is -2.61. The van der Waals surface area contributed by atoms with E-state index in [-0.39, 0.29) is 59.4 Å². The van der Waals surface area contributed by atoms with Crippen LogP contribution in [0.2, 0.25) is 0 Å². The van der Waals surface area contributed by atoms with E-state index in [9.17, 15) is 54.6 Å². The number of esters is 1. The molecule has 0 aromatic heterocycles. The Morgan fingerprint density at radius 2 is 1.51 bits per heavy atom. The molecule has 1 amide bonds. The third kappa shape index (κ3) is 16.5. The van der Waals surface area contributed by atoms with Gasteiger partial charge in [-0.15, -0.1) is 0 Å². The molecule has 0 radical (unpaired) electrons. The number of carboxylic acid groups (broad SMARTS) is 1. The van der Waals surface area contributed by atoms with Gasteiger partial charge in [0.15, 0.2) is 12.6 Å². The summed E-state index contributed by atoms with van der Waals surface area (Å²) in [5.74, 6) is -6.94. The minimum absolute atomic E-state index is 0. The lowest BCUT2D eigenvalue weighted by molar-refractivity contribution is -0.318. The molecule has 22 nitrogen and oxygen atoms in total. The Morgan fingerprint density at radius 3 is 2.04 bits per heavy atom. The standard InChI is InChI=1S/C37H67NO13.C12H13NO5S.2H2O/c1-14-25-37(10,45)30(41)20(4)27(39)18(2)16-35(8,44)32(51-34-28(40)24(38(11)12)15-19(3)47-34)21(5)29(22(6)33(43)49-25)50-26-17-36(9,46-13)31(42)23(7)48-26;1-7(14)13-9(11(16)17)6-19-12(18)8-4-2-3-5-10(8)15;;/h18-26,28-32,34,40-42,44-45H,14-17H2,1-13H3;2-5,9,15H,6H2,1H3,(H,13,14)(H,16,17);2*1H2/t18-,19-,20+,21+,22-,23+,24+,25-,26+,28-,29+,30-,31+,32-,34?,35-,36-,37-;9-;;/m10../s1. The minimum atomic E-state index is -1.99. The molecule has 3 saturated heterocycles. The van der Waals surface area contributed by atoms with Gasteiger partial charge in [0, 0.05) is 50.0 Å². The number of Topliss-reactive ketones (excluding diaryl/α,β-unsaturated/α-hetero) is 1. The Labute approximate surface area is 427 Å². The van der Waals surface area contributed by atoms with Crippen molar-refractivity contribution >= 4 is 40.5 Å². The average molecular weight is 1050 g/mol. The second-order valence-electron chi connectivity index (χ2n) is 20.2. The molecule has 72 heavy (non-hydrogen) atoms. The number of aliphatic hydroxyl groups excluding tert-OH is 3. The minimum Gasteiger partial charge on any atom is -0.507 e. The van der Waals surface area contributed by atoms with Crippen LogP contribution in [0.15, 0.2) is 24.3 Å². The summed E-state index contributed by atoms with van der Waals surface area (Å²) >= 11 is 0.728. The van der Waals surface area contributed by atoms with Gasteiger partial charge in [-0.1, -0.05) is 51.6 Å². The fraction of sp³-hybridized carbons (Fsp3) is 0.776. The number of phenols is 1. The number of nitrogens with zero attached hydrogens (tertiary/aromatic N) is 1. The van der Waals surface area contributed by atoms with E-state index in [0.29, 0.717) is 6.42 Å². The highest BCUT2D eigenvalue weighted by Gasteiger charge is 2.53. The molecule has 0 bridgehead atoms. The van der Waals surface area contributed by atoms with Crippen LogP contribution in [0, 0.1) is 23.7 Å². The number of methoxy groups -OCH3 is 1. The highest BCUT2D eigenvalue weighted by Crippen LogP contribution is 2.41. The van der Waals surface area contributed by atoms with Gasteiger partial charge in [0.2, 0.25) is 11.0 Å². The van der Waals surface area contributed by atoms with Crippen molar-refractivity contribution in [1.29, 1.82) is 0 Å². The van der Waals surface area contributed by atoms with Crippen LogP contribution in [0.5, 0.6) is 5.75 Å². The summed E-state index contributed by atoms with van der Waals surface area (Å²) in [7, 11) is 5.18. The number of carboxylic acids is 1. The number of rotatable bonds is 12. The fourth-order valence-corrected chi connectivity index (χ4v) is 10.6. The number of aliphatic hydroxyl groups is 5. The number of thioether (sulfide) groups is 1. The second kappa shape index (κ2) is 27.9. The first-order chi connectivity index (χ1) is 32.3. The zero-order valence-electron chi connectivity index (χ0n) is 44.1. The molecular formula is C49H84N2O20S. The molecule has 0 spiro atoms. The van der Waals surface area contributed by atoms with Crippen LogP contribution in [0.4, 0.5) is 0 Å². The van der Waals surface area contributed by atoms with Crippen molar-refractivity contribution in [2.75, 3.05) is 27.0 Å². The summed E-state index contributed by atoms with van der Waals surface area (Å²) in [5.41, 5.74) is -4.73. The van der Waals surface area contributed by atoms with Crippen molar-refractivity contribution < 1.29 is 99.1 Å². The molecule has 0 saturated carbocycles. The van der Waals surface area contributed by atoms with Gasteiger partial charge in [-0.05, 0) is 87.0 Å². The molecule has 23 heteroatoms. The van der Waals surface area contributed by atoms with E-state index in [2.05, 4.69) is 5.32 Å². The number of nitrogens with one attached hydrogen (secondary N) is 1. The number of ether oxygens (including phenoxy) is 6. The molecule has 12 N–H and O–H groups in total. The van der Waals surface area contributed by atoms with E-state index < -0.39 is 131 Å². The van der Waals surface area contributed by atoms with E-state index in [1.54, 1.807) is 53.7 Å². The summed E-state index contributed by atoms with van der Waals surface area (Å²) in [6, 6.07) is 4.52. The predicted molar refractivity (Wildman–Crippen MR) is 264 cm³/mol. The van der Waals surface area contributed by atoms with Crippen molar-refractivity contribution in [3.8, 4) is 5.75 Å². The number of aromatic hydroxyl groups is 1. The number of para-hydroxylation sites is 1. The molecule has 3 aliphatic rings. The van der Waals surface area contributed by atoms with Crippen LogP contribution in [-0.4, -0.2) is 198 Å². The van der Waals surface area contributed by atoms with Gasteiger partial charge in [0.25, 0.3) is 0 Å². The van der Waals surface area contributed by atoms with E-state index in [1.165, 1.54) is 46.9 Å². The number of aliphatic carboxylic acids is 1. The first-order valence-corrected chi connectivity index (χ1v) is 24.8. The van der Waals surface area contributed by atoms with Gasteiger partial charge in [-0.2, -0.15) is 0 Å². The molecule has 3 heterocycles. The van der Waals surface area contributed by atoms with Crippen molar-refractivity contribution in [2.24, 2.45) is 23.7 Å². The zero-order valence-corrected chi connectivity index (χ0v) is 44.9. The SMILES string of the molecule is CC(=O)N[C@@H](CSC(=O)c1ccccc1O)C(=O)O.CC[C@H]1OC(=O)[C@H](C)[C@@H](O[C@H]2C[C@@](C)(OC)[C@@H](O)[C@H](C)O2)[C@H](C)[C@@H](OC2O[C@H](C)C[C@H](N(C)C)[C@H]2O)[C@](C)(O)C[C@@H](C)C(=O)[C@H](C)[C@@H](O)[C@]1(C)O.O.O. The molecule has 1 unspecified atom stereocenters. The number of hydrogen-bond acceptors (Lipinski definition) is 19. The smallest absolute Gasteiger partial charge is 0.327 e. The van der Waals surface area contributed by atoms with E-state index >= 15 is 0 Å². The normalized spacial score (nSPS) is 38.3. The number of likely N-dealkylation sites (N-methyl/N-ethyl adjacent to an activating group) is 1. The molecule has 1 aromatic carbocycles. The number of phenolic OH excluding ortho intramolecular Hbond substituents is 1. The summed E-state index contributed by atoms with van der Waals surface area (Å²) in [4.78, 5) is 63.2. The maximum Gasteiger partial charge on any atom is 0.327 e. The van der Waals surface area contributed by atoms with Gasteiger partial charge < -0.3 is 85.3 Å². The number of hydrogen-bond donors (Lipinski definition) is 8. The summed E-state index contributed by atoms with van der Waals surface area (Å²) in [6.07, 6.45) is -9.71. The number of ketones is 1. The molecule has 4 rings (SSSR count). The van der Waals surface area contributed by atoms with Crippen LogP contribution in [-0.2, 0) is 47.6 Å². The van der Waals surface area contributed by atoms with Crippen molar-refractivity contribution in [2.45, 2.75) is 192 Å². The Morgan fingerprint density at radius 1 is 0.917 bits per heavy atom. The lowest BCUT2D eigenvalue weighted by Gasteiger charge is -2.49. The van der Waals surface area contributed by atoms with Gasteiger partial charge >= 0.3 is 11.9 Å². The largest absolute Gasteiger partial charge is 0.507 e. The first kappa shape index (κ1) is 66.6. The van der Waals surface area contributed by atoms with E-state index in [0.717, 1.165) is 11.8 Å². The zero-order chi connectivity index (χ0) is 53.4. The molecule has 19 atom stereocenters. The monoisotopic (exact) mass is 1050 g/mol. The molecule has 3 fully saturated rings. The summed E-state index contributed by atoms with van der Waals surface area (Å²) < 4.78 is 37.1. The molecular weight excluding hydrogens is 969 g/mol. The maximum absolute atomic E-state index is 14.1. The lowest BCUT2D eigenvalue weighted by atomic mass is 9.74. The summed E-state index contributed by atoms with van der Waals surface area (Å²) in [6.45, 7) is 17.5. The van der Waals surface area contributed by atoms with Crippen LogP contribution in [0.25, 0.3) is 0 Å². The van der Waals surface area contributed by atoms with Crippen molar-refractivity contribution in [1.82, 2.24) is 10.2 Å². The van der Waals surface area contributed by atoms with Gasteiger partial charge in [0.1, 0.15) is 41.5 Å². The highest BCUT2D eigenvalue weighted by atomic mass is 32.2. The van der Waals surface area contributed by atoms with Crippen molar-refractivity contribution in [3.63, 3.8) is 0 Å². The maximum atomic E-state index is 14.1. The van der Waals surface area contributed by atoms with E-state index in [1.807, 2.05) is 25.9 Å². The summed E-state index contributed by atoms with van der Waals surface area (Å²) in [5, 5.41) is 77.7. The number of amides is 1. The highest BCUT2D eigenvalue weighted by molar-refractivity contribution is 8.14. The number of carbonyl (C=O) groups is 5. The van der Waals surface area contributed by atoms with Crippen LogP contribution in [0.3, 0.4) is 0 Å². The van der Waals surface area contributed by atoms with Crippen LogP contribution < -0.4 is 5.32 Å². The number of benzene rings is 1.